The molecule has 7 nitrogen and oxygen atoms in total. The van der Waals surface area contributed by atoms with E-state index in [0.717, 1.165) is 31.9 Å². The second-order valence-electron chi connectivity index (χ2n) is 7.94. The highest BCUT2D eigenvalue weighted by Gasteiger charge is 2.40. The summed E-state index contributed by atoms with van der Waals surface area (Å²) in [6.07, 6.45) is 5.39. The molecule has 164 valence electrons. The number of fused-ring (bicyclic) bond motifs is 1. The minimum Gasteiger partial charge on any atom is -0.369 e. The number of benzene rings is 1. The van der Waals surface area contributed by atoms with Crippen molar-refractivity contribution in [2.45, 2.75) is 12.5 Å². The number of rotatable bonds is 3. The van der Waals surface area contributed by atoms with E-state index in [4.69, 9.17) is 17.3 Å². The molecule has 3 aromatic heterocycles. The van der Waals surface area contributed by atoms with Crippen molar-refractivity contribution < 1.29 is 4.21 Å². The summed E-state index contributed by atoms with van der Waals surface area (Å²) >= 11 is 8.35. The van der Waals surface area contributed by atoms with E-state index in [1.54, 1.807) is 24.1 Å². The number of thiophene rings is 1. The van der Waals surface area contributed by atoms with Crippen LogP contribution in [0.2, 0.25) is 5.02 Å². The molecule has 0 aliphatic carbocycles. The van der Waals surface area contributed by atoms with Crippen LogP contribution in [0.5, 0.6) is 0 Å². The van der Waals surface area contributed by atoms with Crippen molar-refractivity contribution in [2.75, 3.05) is 12.8 Å². The number of nitrogens with two attached hydrogens (primary N) is 1. The summed E-state index contributed by atoms with van der Waals surface area (Å²) in [6.45, 7) is 1.90. The maximum absolute atomic E-state index is 13.1. The summed E-state index contributed by atoms with van der Waals surface area (Å²) in [5.74, 6) is 4.32. The summed E-state index contributed by atoms with van der Waals surface area (Å²) < 4.78 is 17.3. The van der Waals surface area contributed by atoms with Crippen LogP contribution >= 0.6 is 22.9 Å². The van der Waals surface area contributed by atoms with Gasteiger partial charge in [0.1, 0.15) is 5.54 Å². The van der Waals surface area contributed by atoms with E-state index in [0.29, 0.717) is 5.02 Å². The van der Waals surface area contributed by atoms with Crippen LogP contribution in [0.25, 0.3) is 27.0 Å². The van der Waals surface area contributed by atoms with Crippen molar-refractivity contribution in [3.8, 4) is 16.9 Å². The molecule has 0 spiro atoms. The standard InChI is InChI=1S/C22H21ClN6OS2/c1-22(13-32(3,30)28(2)21(24)27-22)20-17(23)16-9-11-25-18(19(16)31-20)14-5-7-15(8-6-14)29-12-4-10-26-29/h4-12H,3,13H2,1-2H3,(H2,24,27)/t22-,32?/m0/s1. The lowest BCUT2D eigenvalue weighted by atomic mass is 10.0. The highest BCUT2D eigenvalue weighted by molar-refractivity contribution is 7.98. The number of nitrogens with zero attached hydrogens (tertiary/aromatic N) is 5. The van der Waals surface area contributed by atoms with Gasteiger partial charge in [0.25, 0.3) is 0 Å². The largest absolute Gasteiger partial charge is 0.369 e. The zero-order chi connectivity index (χ0) is 22.7. The summed E-state index contributed by atoms with van der Waals surface area (Å²) in [4.78, 5) is 10.1. The molecule has 0 radical (unpaired) electrons. The number of aromatic nitrogens is 3. The van der Waals surface area contributed by atoms with Gasteiger partial charge in [-0.3, -0.25) is 9.29 Å². The van der Waals surface area contributed by atoms with Gasteiger partial charge in [-0.15, -0.1) is 11.3 Å². The van der Waals surface area contributed by atoms with Gasteiger partial charge in [0, 0.05) is 36.6 Å². The number of aliphatic imine (C=N–C) groups is 1. The molecule has 0 saturated heterocycles. The Morgan fingerprint density at radius 1 is 1.25 bits per heavy atom. The van der Waals surface area contributed by atoms with Crippen LogP contribution < -0.4 is 5.73 Å². The Morgan fingerprint density at radius 2 is 2.00 bits per heavy atom. The number of hydrogen-bond acceptors (Lipinski definition) is 6. The summed E-state index contributed by atoms with van der Waals surface area (Å²) in [5, 5.41) is 5.74. The number of halogens is 1. The topological polar surface area (TPSA) is 89.4 Å². The molecule has 5 rings (SSSR count). The van der Waals surface area contributed by atoms with Crippen LogP contribution in [0.15, 0.2) is 60.0 Å². The number of pyridine rings is 1. The van der Waals surface area contributed by atoms with E-state index >= 15 is 0 Å². The van der Waals surface area contributed by atoms with Crippen LogP contribution in [-0.4, -0.2) is 47.9 Å². The molecule has 10 heteroatoms. The van der Waals surface area contributed by atoms with Crippen molar-refractivity contribution in [1.82, 2.24) is 19.1 Å². The van der Waals surface area contributed by atoms with Gasteiger partial charge in [0.15, 0.2) is 0 Å². The van der Waals surface area contributed by atoms with E-state index < -0.39 is 15.2 Å². The molecule has 4 aromatic rings. The summed E-state index contributed by atoms with van der Waals surface area (Å²) in [5.41, 5.74) is 8.01. The zero-order valence-electron chi connectivity index (χ0n) is 17.5. The lowest BCUT2D eigenvalue weighted by Gasteiger charge is -2.36. The predicted molar refractivity (Wildman–Crippen MR) is 134 cm³/mol. The van der Waals surface area contributed by atoms with Crippen LogP contribution in [0.1, 0.15) is 11.8 Å². The first-order valence-electron chi connectivity index (χ1n) is 9.82. The molecule has 0 bridgehead atoms. The van der Waals surface area contributed by atoms with Crippen molar-refractivity contribution in [1.29, 1.82) is 0 Å². The van der Waals surface area contributed by atoms with Crippen molar-refractivity contribution >= 4 is 54.6 Å². The van der Waals surface area contributed by atoms with Gasteiger partial charge in [-0.05, 0) is 37.1 Å². The fourth-order valence-corrected chi connectivity index (χ4v) is 7.49. The van der Waals surface area contributed by atoms with E-state index in [9.17, 15) is 4.21 Å². The second kappa shape index (κ2) is 7.33. The fraction of sp³-hybridized carbons (Fsp3) is 0.182. The van der Waals surface area contributed by atoms with Crippen LogP contribution in [0.3, 0.4) is 0 Å². The molecular formula is C22H21ClN6OS2. The fourth-order valence-electron chi connectivity index (χ4n) is 3.92. The molecule has 1 aromatic carbocycles. The molecule has 1 aliphatic rings. The van der Waals surface area contributed by atoms with Gasteiger partial charge in [-0.25, -0.2) is 13.9 Å². The Kier molecular flexibility index (Phi) is 4.81. The lowest BCUT2D eigenvalue weighted by Crippen LogP contribution is -2.50. The van der Waals surface area contributed by atoms with E-state index in [1.807, 2.05) is 49.5 Å². The first-order chi connectivity index (χ1) is 15.2. The maximum atomic E-state index is 13.1. The monoisotopic (exact) mass is 484 g/mol. The Hall–Kier alpha value is -2.88. The quantitative estimate of drug-likeness (QED) is 0.446. The highest BCUT2D eigenvalue weighted by Crippen LogP contribution is 2.47. The summed E-state index contributed by atoms with van der Waals surface area (Å²) in [7, 11) is -0.959. The third-order valence-electron chi connectivity index (χ3n) is 5.63. The smallest absolute Gasteiger partial charge is 0.203 e. The first-order valence-corrected chi connectivity index (χ1v) is 12.9. The number of hydrogen-bond donors (Lipinski definition) is 1. The molecular weight excluding hydrogens is 464 g/mol. The summed E-state index contributed by atoms with van der Waals surface area (Å²) in [6, 6.07) is 11.8. The number of guanidine groups is 1. The molecule has 2 atom stereocenters. The van der Waals surface area contributed by atoms with Gasteiger partial charge in [-0.1, -0.05) is 23.7 Å². The van der Waals surface area contributed by atoms with Gasteiger partial charge in [0.05, 0.1) is 41.4 Å². The lowest BCUT2D eigenvalue weighted by molar-refractivity contribution is 0.522. The Morgan fingerprint density at radius 3 is 2.66 bits per heavy atom. The van der Waals surface area contributed by atoms with Gasteiger partial charge in [0.2, 0.25) is 5.96 Å². The average molecular weight is 485 g/mol. The molecule has 0 amide bonds. The third-order valence-corrected chi connectivity index (χ3v) is 9.80. The maximum Gasteiger partial charge on any atom is 0.203 e. The minimum absolute atomic E-state index is 0.194. The molecule has 2 N–H and O–H groups in total. The second-order valence-corrected chi connectivity index (χ2v) is 11.7. The molecule has 0 saturated carbocycles. The van der Waals surface area contributed by atoms with E-state index in [-0.39, 0.29) is 11.7 Å². The third kappa shape index (κ3) is 3.28. The van der Waals surface area contributed by atoms with Crippen molar-refractivity contribution in [3.05, 3.63) is 64.9 Å². The van der Waals surface area contributed by atoms with Crippen molar-refractivity contribution in [3.63, 3.8) is 0 Å². The Labute approximate surface area is 195 Å². The molecule has 1 aliphatic heterocycles. The van der Waals surface area contributed by atoms with Crippen LogP contribution in [0, 0.1) is 0 Å². The minimum atomic E-state index is -2.61. The Bertz CT molecular complexity index is 1460. The van der Waals surface area contributed by atoms with Gasteiger partial charge < -0.3 is 5.73 Å². The molecule has 32 heavy (non-hydrogen) atoms. The highest BCUT2D eigenvalue weighted by atomic mass is 35.5. The normalized spacial score (nSPS) is 23.5. The first kappa shape index (κ1) is 21.0. The van der Waals surface area contributed by atoms with Gasteiger partial charge in [-0.2, -0.15) is 5.10 Å². The van der Waals surface area contributed by atoms with E-state index in [2.05, 4.69) is 20.9 Å². The molecule has 0 fully saturated rings. The van der Waals surface area contributed by atoms with Crippen molar-refractivity contribution in [2.24, 2.45) is 10.7 Å². The van der Waals surface area contributed by atoms with Gasteiger partial charge >= 0.3 is 0 Å². The van der Waals surface area contributed by atoms with E-state index in [1.165, 1.54) is 15.6 Å². The average Bonchev–Trinajstić information content (AvgIpc) is 3.41. The predicted octanol–water partition coefficient (Wildman–Crippen LogP) is 3.91. The molecule has 1 unspecified atom stereocenters. The molecule has 4 heterocycles. The SMILES string of the molecule is C=S1(=O)C[C@@](C)(c2sc3c(-c4ccc(-n5cccn5)cc4)nccc3c2Cl)N=C(N)N1C. The Balaban J connectivity index is 1.64. The van der Waals surface area contributed by atoms with Crippen LogP contribution in [-0.2, 0) is 15.2 Å². The van der Waals surface area contributed by atoms with Crippen LogP contribution in [0.4, 0.5) is 0 Å². The zero-order valence-corrected chi connectivity index (χ0v) is 19.9.